The highest BCUT2D eigenvalue weighted by atomic mass is 35.5. The van der Waals surface area contributed by atoms with E-state index in [1.54, 1.807) is 0 Å². The Kier molecular flexibility index (Phi) is 5.47. The van der Waals surface area contributed by atoms with Crippen LogP contribution in [0, 0.1) is 0 Å². The molecule has 0 aromatic rings. The molecule has 1 heterocycles. The number of piperidine rings is 1. The summed E-state index contributed by atoms with van der Waals surface area (Å²) in [6, 6.07) is 0. The fourth-order valence-corrected chi connectivity index (χ4v) is 1.00. The van der Waals surface area contributed by atoms with E-state index in [1.807, 2.05) is 0 Å². The summed E-state index contributed by atoms with van der Waals surface area (Å²) in [5.74, 6) is 0. The van der Waals surface area contributed by atoms with Gasteiger partial charge in [-0.2, -0.15) is 0 Å². The molecule has 0 aromatic carbocycles. The van der Waals surface area contributed by atoms with Crippen LogP contribution in [0.1, 0.15) is 12.8 Å². The summed E-state index contributed by atoms with van der Waals surface area (Å²) in [5.41, 5.74) is 0. The molecule has 1 N–H and O–H groups in total. The molecule has 1 saturated heterocycles. The minimum absolute atomic E-state index is 0. The summed E-state index contributed by atoms with van der Waals surface area (Å²) in [7, 11) is 0. The average Bonchev–Trinajstić information content (AvgIpc) is 1.69. The maximum atomic E-state index is 5.78. The van der Waals surface area contributed by atoms with E-state index in [2.05, 4.69) is 5.32 Å². The minimum atomic E-state index is 0. The Morgan fingerprint density at radius 1 is 1.25 bits per heavy atom. The molecular weight excluding hydrogens is 134 g/mol. The maximum absolute atomic E-state index is 5.78. The third-order valence-electron chi connectivity index (χ3n) is 1.27. The zero-order valence-corrected chi connectivity index (χ0v) is 5.04. The van der Waals surface area contributed by atoms with Crippen LogP contribution in [0.3, 0.4) is 0 Å². The van der Waals surface area contributed by atoms with Gasteiger partial charge in [0.1, 0.15) is 0 Å². The molecule has 0 aliphatic carbocycles. The summed E-state index contributed by atoms with van der Waals surface area (Å²) in [6.45, 7) is 2.21. The molecule has 3 heteroatoms. The Morgan fingerprint density at radius 3 is 2.00 bits per heavy atom. The van der Waals surface area contributed by atoms with Crippen molar-refractivity contribution < 1.29 is 0 Å². The largest absolute Gasteiger partial charge is 0.317 e. The molecule has 0 bridgehead atoms. The predicted octanol–water partition coefficient (Wildman–Crippen LogP) is 0.0610. The van der Waals surface area contributed by atoms with Crippen molar-refractivity contribution in [2.75, 3.05) is 13.1 Å². The van der Waals surface area contributed by atoms with Gasteiger partial charge < -0.3 is 5.32 Å². The maximum Gasteiger partial charge on any atom is 0.316 e. The molecule has 0 aromatic heterocycles. The molecule has 0 radical (unpaired) electrons. The number of nitrogens with one attached hydrogen (secondary N) is 1. The zero-order chi connectivity index (χ0) is 5.11. The lowest BCUT2D eigenvalue weighted by Gasteiger charge is -2.15. The van der Waals surface area contributed by atoms with Crippen LogP contribution in [0.5, 0.6) is 0 Å². The molecule has 1 aliphatic heterocycles. The molecule has 1 fully saturated rings. The van der Waals surface area contributed by atoms with Gasteiger partial charge in [0.2, 0.25) is 0 Å². The van der Waals surface area contributed by atoms with Gasteiger partial charge in [-0.1, -0.05) is 0 Å². The van der Waals surface area contributed by atoms with E-state index in [9.17, 15) is 0 Å². The molecule has 0 spiro atoms. The van der Waals surface area contributed by atoms with Gasteiger partial charge in [0.25, 0.3) is 0 Å². The average molecular weight is 146 g/mol. The molecule has 0 atom stereocenters. The molecule has 1 nitrogen and oxygen atoms in total. The number of hydrogen-bond acceptors (Lipinski definition) is 1. The summed E-state index contributed by atoms with van der Waals surface area (Å²) in [4.78, 5) is 0. The highest BCUT2D eigenvalue weighted by Gasteiger charge is 2.07. The Bertz CT molecular complexity index is 54.4. The van der Waals surface area contributed by atoms with Crippen molar-refractivity contribution in [3.05, 3.63) is 0 Å². The van der Waals surface area contributed by atoms with Crippen molar-refractivity contribution in [3.63, 3.8) is 0 Å². The number of hydrogen-bond donors (Lipinski definition) is 1. The summed E-state index contributed by atoms with van der Waals surface area (Å²) >= 11 is 5.78. The summed E-state index contributed by atoms with van der Waals surface area (Å²) < 4.78 is 0. The Labute approximate surface area is 71.3 Å². The van der Waals surface area contributed by atoms with Crippen LogP contribution in [0.25, 0.3) is 0 Å². The van der Waals surface area contributed by atoms with Gasteiger partial charge in [-0.3, -0.25) is 0 Å². The fraction of sp³-hybridized carbons (Fsp3) is 1.00. The molecule has 8 heavy (non-hydrogen) atoms. The first-order chi connectivity index (χ1) is 3.39. The molecule has 0 amide bonds. The fourth-order valence-electron chi connectivity index (χ4n) is 0.787. The lowest BCUT2D eigenvalue weighted by molar-refractivity contribution is 0.526. The summed E-state index contributed by atoms with van der Waals surface area (Å²) in [6.07, 6.45) is 2.28. The number of rotatable bonds is 0. The first-order valence-corrected chi connectivity index (χ1v) is 3.18. The lowest BCUT2D eigenvalue weighted by Crippen LogP contribution is -2.27. The number of halogens is 1. The first kappa shape index (κ1) is 9.02. The van der Waals surface area contributed by atoms with Crippen molar-refractivity contribution in [1.82, 2.24) is 5.32 Å². The zero-order valence-electron chi connectivity index (χ0n) is 4.28. The predicted molar refractivity (Wildman–Crippen MR) is 40.3 cm³/mol. The number of alkyl halides is 1. The second kappa shape index (κ2) is 4.85. The van der Waals surface area contributed by atoms with Crippen molar-refractivity contribution in [2.24, 2.45) is 0 Å². The van der Waals surface area contributed by atoms with Crippen LogP contribution in [0.15, 0.2) is 0 Å². The highest BCUT2D eigenvalue weighted by Crippen LogP contribution is 2.08. The van der Waals surface area contributed by atoms with Gasteiger partial charge in [-0.25, -0.2) is 0 Å². The van der Waals surface area contributed by atoms with Crippen LogP contribution in [0.4, 0.5) is 0 Å². The smallest absolute Gasteiger partial charge is 0.316 e. The molecule has 1 aliphatic rings. The van der Waals surface area contributed by atoms with E-state index in [-0.39, 0.29) is 23.1 Å². The lowest BCUT2D eigenvalue weighted by atomic mass is 10.2. The van der Waals surface area contributed by atoms with Crippen molar-refractivity contribution in [3.8, 4) is 0 Å². The van der Waals surface area contributed by atoms with E-state index >= 15 is 0 Å². The van der Waals surface area contributed by atoms with Gasteiger partial charge in [0.05, 0.1) is 0 Å². The van der Waals surface area contributed by atoms with Crippen molar-refractivity contribution in [2.45, 2.75) is 18.2 Å². The van der Waals surface area contributed by atoms with E-state index in [4.69, 9.17) is 11.6 Å². The Morgan fingerprint density at radius 2 is 1.75 bits per heavy atom. The van der Waals surface area contributed by atoms with Crippen LogP contribution >= 0.6 is 11.6 Å². The Hall–Kier alpha value is 1.02. The van der Waals surface area contributed by atoms with Crippen LogP contribution < -0.4 is 5.32 Å². The van der Waals surface area contributed by atoms with Crippen LogP contribution in [-0.4, -0.2) is 41.5 Å². The SMILES string of the molecule is ClC1CCNCC1.[MgH2]. The second-order valence-electron chi connectivity index (χ2n) is 1.92. The van der Waals surface area contributed by atoms with E-state index in [0.717, 1.165) is 25.9 Å². The van der Waals surface area contributed by atoms with Gasteiger partial charge in [-0.15, -0.1) is 11.6 Å². The second-order valence-corrected chi connectivity index (χ2v) is 2.54. The van der Waals surface area contributed by atoms with E-state index in [1.165, 1.54) is 0 Å². The van der Waals surface area contributed by atoms with Gasteiger partial charge in [0.15, 0.2) is 0 Å². The van der Waals surface area contributed by atoms with E-state index < -0.39 is 0 Å². The molecule has 0 unspecified atom stereocenters. The van der Waals surface area contributed by atoms with Gasteiger partial charge in [-0.05, 0) is 25.9 Å². The molecule has 0 saturated carbocycles. The van der Waals surface area contributed by atoms with Crippen LogP contribution in [-0.2, 0) is 0 Å². The van der Waals surface area contributed by atoms with E-state index in [0.29, 0.717) is 5.38 Å². The monoisotopic (exact) mass is 145 g/mol. The van der Waals surface area contributed by atoms with Crippen LogP contribution in [0.2, 0.25) is 0 Å². The highest BCUT2D eigenvalue weighted by molar-refractivity contribution is 6.20. The quantitative estimate of drug-likeness (QED) is 0.376. The summed E-state index contributed by atoms with van der Waals surface area (Å²) in [5, 5.41) is 3.68. The third-order valence-corrected chi connectivity index (χ3v) is 1.71. The third kappa shape index (κ3) is 3.12. The normalized spacial score (nSPS) is 22.1. The Balaban J connectivity index is 0.000000490. The first-order valence-electron chi connectivity index (χ1n) is 2.74. The van der Waals surface area contributed by atoms with Crippen molar-refractivity contribution >= 4 is 34.7 Å². The molecule has 1 rings (SSSR count). The molecular formula is C5H12ClMgN. The van der Waals surface area contributed by atoms with Gasteiger partial charge in [0, 0.05) is 5.38 Å². The van der Waals surface area contributed by atoms with Gasteiger partial charge >= 0.3 is 23.1 Å². The minimum Gasteiger partial charge on any atom is -0.317 e. The standard InChI is InChI=1S/C5H10ClN.Mg.2H/c6-5-1-3-7-4-2-5;;;/h5,7H,1-4H2;;;. The van der Waals surface area contributed by atoms with Crippen molar-refractivity contribution in [1.29, 1.82) is 0 Å². The molecule has 46 valence electrons. The topological polar surface area (TPSA) is 12.0 Å².